The molecule has 1 unspecified atom stereocenters. The van der Waals surface area contributed by atoms with Gasteiger partial charge in [0.05, 0.1) is 11.3 Å². The maximum absolute atomic E-state index is 12.8. The second-order valence-electron chi connectivity index (χ2n) is 9.27. The van der Waals surface area contributed by atoms with Crippen LogP contribution in [0.5, 0.6) is 0 Å². The Morgan fingerprint density at radius 1 is 1.00 bits per heavy atom. The molecule has 0 saturated heterocycles. The van der Waals surface area contributed by atoms with E-state index < -0.39 is 0 Å². The topological polar surface area (TPSA) is 82.0 Å². The van der Waals surface area contributed by atoms with E-state index in [-0.39, 0.29) is 17.6 Å². The van der Waals surface area contributed by atoms with Crippen LogP contribution < -0.4 is 10.6 Å². The number of carbonyl (C=O) groups is 2. The van der Waals surface area contributed by atoms with Crippen molar-refractivity contribution in [1.82, 2.24) is 0 Å². The van der Waals surface area contributed by atoms with E-state index in [0.29, 0.717) is 22.2 Å². The first-order valence-electron chi connectivity index (χ1n) is 12.8. The van der Waals surface area contributed by atoms with Gasteiger partial charge in [0.25, 0.3) is 0 Å². The van der Waals surface area contributed by atoms with Crippen LogP contribution in [0.3, 0.4) is 0 Å². The van der Waals surface area contributed by atoms with Crippen molar-refractivity contribution < 1.29 is 9.59 Å². The monoisotopic (exact) mass is 549 g/mol. The average molecular weight is 550 g/mol. The lowest BCUT2D eigenvalue weighted by molar-refractivity contribution is -0.114. The zero-order valence-electron chi connectivity index (χ0n) is 21.2. The summed E-state index contributed by atoms with van der Waals surface area (Å²) in [6.07, 6.45) is 6.00. The fraction of sp³-hybridized carbons (Fsp3) is 0.156. The highest BCUT2D eigenvalue weighted by atomic mass is 32.2. The Morgan fingerprint density at radius 2 is 1.77 bits per heavy atom. The summed E-state index contributed by atoms with van der Waals surface area (Å²) >= 11 is 2.92. The maximum Gasteiger partial charge on any atom is 0.248 e. The Labute approximate surface area is 236 Å². The van der Waals surface area contributed by atoms with E-state index in [1.54, 1.807) is 6.08 Å². The van der Waals surface area contributed by atoms with Crippen molar-refractivity contribution in [3.63, 3.8) is 0 Å². The van der Waals surface area contributed by atoms with E-state index in [4.69, 9.17) is 0 Å². The minimum Gasteiger partial charge on any atom is -0.322 e. The third kappa shape index (κ3) is 6.85. The average Bonchev–Trinajstić information content (AvgIpc) is 3.32. The summed E-state index contributed by atoms with van der Waals surface area (Å²) in [7, 11) is 0. The SMILES string of the molecule is N#Cc1c(NC(=O)CSc2cccc(NC(=O)/C=C/c3ccccc3)c2)sc2c1CCC(c1ccccc1)C2. The number of amides is 2. The van der Waals surface area contributed by atoms with Gasteiger partial charge in [0.2, 0.25) is 11.8 Å². The summed E-state index contributed by atoms with van der Waals surface area (Å²) in [6.45, 7) is 0. The molecule has 0 saturated carbocycles. The van der Waals surface area contributed by atoms with Crippen molar-refractivity contribution in [3.05, 3.63) is 118 Å². The van der Waals surface area contributed by atoms with Crippen molar-refractivity contribution in [2.75, 3.05) is 16.4 Å². The predicted molar refractivity (Wildman–Crippen MR) is 160 cm³/mol. The molecule has 0 bridgehead atoms. The van der Waals surface area contributed by atoms with Crippen LogP contribution in [0.4, 0.5) is 10.7 Å². The van der Waals surface area contributed by atoms with E-state index in [0.717, 1.165) is 35.3 Å². The first-order chi connectivity index (χ1) is 19.1. The third-order valence-corrected chi connectivity index (χ3v) is 8.76. The molecule has 7 heteroatoms. The normalized spacial score (nSPS) is 14.4. The van der Waals surface area contributed by atoms with Gasteiger partial charge in [-0.1, -0.05) is 66.7 Å². The van der Waals surface area contributed by atoms with Crippen LogP contribution in [0.1, 0.15) is 39.5 Å². The highest BCUT2D eigenvalue weighted by Crippen LogP contribution is 2.42. The fourth-order valence-electron chi connectivity index (χ4n) is 4.70. The number of hydrogen-bond donors (Lipinski definition) is 2. The molecule has 4 aromatic rings. The lowest BCUT2D eigenvalue weighted by Gasteiger charge is -2.22. The van der Waals surface area contributed by atoms with Crippen LogP contribution in [-0.2, 0) is 22.4 Å². The molecule has 1 heterocycles. The molecule has 0 radical (unpaired) electrons. The second-order valence-corrected chi connectivity index (χ2v) is 11.4. The number of nitrogens with one attached hydrogen (secondary N) is 2. The zero-order chi connectivity index (χ0) is 27.0. The minimum absolute atomic E-state index is 0.157. The quantitative estimate of drug-likeness (QED) is 0.179. The van der Waals surface area contributed by atoms with Gasteiger partial charge in [-0.25, -0.2) is 0 Å². The lowest BCUT2D eigenvalue weighted by atomic mass is 9.83. The number of hydrogen-bond acceptors (Lipinski definition) is 5. The Hall–Kier alpha value is -4.12. The molecule has 39 heavy (non-hydrogen) atoms. The Balaban J connectivity index is 1.17. The smallest absolute Gasteiger partial charge is 0.248 e. The van der Waals surface area contributed by atoms with Crippen LogP contribution >= 0.6 is 23.1 Å². The number of rotatable bonds is 8. The van der Waals surface area contributed by atoms with Gasteiger partial charge in [-0.05, 0) is 66.1 Å². The summed E-state index contributed by atoms with van der Waals surface area (Å²) < 4.78 is 0. The number of thioether (sulfide) groups is 1. The molecule has 2 N–H and O–H groups in total. The molecular formula is C32H27N3O2S2. The van der Waals surface area contributed by atoms with E-state index >= 15 is 0 Å². The molecule has 3 aromatic carbocycles. The highest BCUT2D eigenvalue weighted by molar-refractivity contribution is 8.00. The summed E-state index contributed by atoms with van der Waals surface area (Å²) in [5, 5.41) is 16.3. The molecule has 0 spiro atoms. The number of nitriles is 1. The molecule has 5 rings (SSSR count). The first-order valence-corrected chi connectivity index (χ1v) is 14.6. The van der Waals surface area contributed by atoms with Crippen molar-refractivity contribution >= 4 is 51.7 Å². The highest BCUT2D eigenvalue weighted by Gasteiger charge is 2.27. The Bertz CT molecular complexity index is 1540. The number of carbonyl (C=O) groups excluding carboxylic acids is 2. The standard InChI is InChI=1S/C32H27N3O2S2/c33-20-28-27-16-15-24(23-10-5-2-6-11-23)18-29(27)39-32(28)35-31(37)21-38-26-13-7-12-25(19-26)34-30(36)17-14-22-8-3-1-4-9-22/h1-14,17,19,24H,15-16,18,21H2,(H,34,36)(H,35,37)/b17-14+. The van der Waals surface area contributed by atoms with Gasteiger partial charge in [-0.3, -0.25) is 9.59 Å². The largest absolute Gasteiger partial charge is 0.322 e. The van der Waals surface area contributed by atoms with Crippen LogP contribution in [-0.4, -0.2) is 17.6 Å². The minimum atomic E-state index is -0.223. The number of thiophene rings is 1. The van der Waals surface area contributed by atoms with Gasteiger partial charge in [0.1, 0.15) is 11.1 Å². The van der Waals surface area contributed by atoms with Crippen LogP contribution in [0.15, 0.2) is 95.9 Å². The van der Waals surface area contributed by atoms with Gasteiger partial charge in [-0.2, -0.15) is 5.26 Å². The van der Waals surface area contributed by atoms with Crippen LogP contribution in [0.2, 0.25) is 0 Å². The number of anilines is 2. The summed E-state index contributed by atoms with van der Waals surface area (Å²) in [5.74, 6) is 0.254. The second kappa shape index (κ2) is 12.6. The fourth-order valence-corrected chi connectivity index (χ4v) is 6.75. The Morgan fingerprint density at radius 3 is 2.54 bits per heavy atom. The molecule has 0 fully saturated rings. The number of nitrogens with zero attached hydrogens (tertiary/aromatic N) is 1. The van der Waals surface area contributed by atoms with E-state index in [1.165, 1.54) is 39.6 Å². The lowest BCUT2D eigenvalue weighted by Crippen LogP contribution is -2.14. The summed E-state index contributed by atoms with van der Waals surface area (Å²) in [4.78, 5) is 27.2. The maximum atomic E-state index is 12.8. The Kier molecular flexibility index (Phi) is 8.57. The molecule has 2 amide bonds. The van der Waals surface area contributed by atoms with Crippen molar-refractivity contribution in [3.8, 4) is 6.07 Å². The third-order valence-electron chi connectivity index (χ3n) is 6.60. The zero-order valence-corrected chi connectivity index (χ0v) is 22.9. The van der Waals surface area contributed by atoms with Gasteiger partial charge in [0, 0.05) is 21.5 Å². The van der Waals surface area contributed by atoms with Crippen molar-refractivity contribution in [2.45, 2.75) is 30.1 Å². The summed E-state index contributed by atoms with van der Waals surface area (Å²) in [6, 6.07) is 29.9. The van der Waals surface area contributed by atoms with Gasteiger partial charge in [-0.15, -0.1) is 23.1 Å². The van der Waals surface area contributed by atoms with E-state index in [2.05, 4.69) is 41.0 Å². The predicted octanol–water partition coefficient (Wildman–Crippen LogP) is 7.27. The molecule has 1 atom stereocenters. The van der Waals surface area contributed by atoms with Crippen LogP contribution in [0.25, 0.3) is 6.08 Å². The first kappa shape index (κ1) is 26.5. The van der Waals surface area contributed by atoms with E-state index in [9.17, 15) is 14.9 Å². The molecule has 5 nitrogen and oxygen atoms in total. The molecular weight excluding hydrogens is 523 g/mol. The molecule has 1 aromatic heterocycles. The molecule has 1 aliphatic rings. The molecule has 194 valence electrons. The van der Waals surface area contributed by atoms with Crippen LogP contribution in [0, 0.1) is 11.3 Å². The van der Waals surface area contributed by atoms with E-state index in [1.807, 2.05) is 60.7 Å². The molecule has 0 aliphatic heterocycles. The van der Waals surface area contributed by atoms with Gasteiger partial charge < -0.3 is 10.6 Å². The molecule has 1 aliphatic carbocycles. The van der Waals surface area contributed by atoms with Gasteiger partial charge in [0.15, 0.2) is 0 Å². The van der Waals surface area contributed by atoms with Gasteiger partial charge >= 0.3 is 0 Å². The van der Waals surface area contributed by atoms with Crippen molar-refractivity contribution in [2.24, 2.45) is 0 Å². The summed E-state index contributed by atoms with van der Waals surface area (Å²) in [5.41, 5.74) is 4.62. The number of benzene rings is 3. The number of fused-ring (bicyclic) bond motifs is 1. The van der Waals surface area contributed by atoms with Crippen molar-refractivity contribution in [1.29, 1.82) is 5.26 Å².